The highest BCUT2D eigenvalue weighted by Crippen LogP contribution is 2.33. The summed E-state index contributed by atoms with van der Waals surface area (Å²) >= 11 is 0. The lowest BCUT2D eigenvalue weighted by atomic mass is 9.78. The molecule has 1 aliphatic heterocycles. The molecule has 3 rings (SSSR count). The Bertz CT molecular complexity index is 763. The molecule has 1 fully saturated rings. The van der Waals surface area contributed by atoms with Crippen molar-refractivity contribution in [3.05, 3.63) is 35.8 Å². The van der Waals surface area contributed by atoms with Crippen LogP contribution >= 0.6 is 0 Å². The summed E-state index contributed by atoms with van der Waals surface area (Å²) in [5.74, 6) is 0.354. The number of nitrogens with zero attached hydrogens (tertiary/aromatic N) is 2. The normalized spacial score (nSPS) is 20.9. The van der Waals surface area contributed by atoms with Crippen LogP contribution in [0.25, 0.3) is 5.65 Å². The lowest BCUT2D eigenvalue weighted by Crippen LogP contribution is -2.46. The molecule has 3 heterocycles. The highest BCUT2D eigenvalue weighted by Gasteiger charge is 2.35. The SMILES string of the molecule is Cc1cccc2nc(CNC(=O)NCC3CCCOC3C(C)(C)C)cn12. The molecule has 0 radical (unpaired) electrons. The van der Waals surface area contributed by atoms with Gasteiger partial charge in [-0.05, 0) is 37.3 Å². The van der Waals surface area contributed by atoms with E-state index in [4.69, 9.17) is 4.74 Å². The fourth-order valence-electron chi connectivity index (χ4n) is 3.75. The Balaban J connectivity index is 1.51. The topological polar surface area (TPSA) is 67.7 Å². The molecule has 142 valence electrons. The van der Waals surface area contributed by atoms with Crippen LogP contribution in [0.1, 0.15) is 45.0 Å². The van der Waals surface area contributed by atoms with Crippen LogP contribution < -0.4 is 10.6 Å². The summed E-state index contributed by atoms with van der Waals surface area (Å²) in [5, 5.41) is 5.91. The van der Waals surface area contributed by atoms with E-state index < -0.39 is 0 Å². The second kappa shape index (κ2) is 7.66. The van der Waals surface area contributed by atoms with E-state index in [9.17, 15) is 4.79 Å². The number of amides is 2. The number of carbonyl (C=O) groups is 1. The van der Waals surface area contributed by atoms with Gasteiger partial charge in [0, 0.05) is 31.0 Å². The number of aryl methyl sites for hydroxylation is 1. The van der Waals surface area contributed by atoms with Crippen LogP contribution in [0.3, 0.4) is 0 Å². The number of nitrogens with one attached hydrogen (secondary N) is 2. The number of aromatic nitrogens is 2. The number of ether oxygens (including phenoxy) is 1. The summed E-state index contributed by atoms with van der Waals surface area (Å²) in [6.45, 7) is 10.5. The molecule has 1 aliphatic rings. The van der Waals surface area contributed by atoms with Gasteiger partial charge < -0.3 is 19.8 Å². The molecule has 0 bridgehead atoms. The highest BCUT2D eigenvalue weighted by molar-refractivity contribution is 5.73. The maximum absolute atomic E-state index is 12.2. The van der Waals surface area contributed by atoms with Gasteiger partial charge in [0.2, 0.25) is 0 Å². The third kappa shape index (κ3) is 4.36. The summed E-state index contributed by atoms with van der Waals surface area (Å²) in [4.78, 5) is 16.7. The van der Waals surface area contributed by atoms with Gasteiger partial charge >= 0.3 is 6.03 Å². The number of rotatable bonds is 4. The van der Waals surface area contributed by atoms with Gasteiger partial charge in [0.1, 0.15) is 5.65 Å². The van der Waals surface area contributed by atoms with E-state index in [2.05, 4.69) is 36.4 Å². The van der Waals surface area contributed by atoms with E-state index in [1.54, 1.807) is 0 Å². The van der Waals surface area contributed by atoms with Crippen molar-refractivity contribution in [3.63, 3.8) is 0 Å². The summed E-state index contributed by atoms with van der Waals surface area (Å²) in [6, 6.07) is 5.83. The first-order valence-electron chi connectivity index (χ1n) is 9.41. The maximum atomic E-state index is 12.2. The average molecular weight is 358 g/mol. The van der Waals surface area contributed by atoms with E-state index >= 15 is 0 Å². The summed E-state index contributed by atoms with van der Waals surface area (Å²) in [7, 11) is 0. The largest absolute Gasteiger partial charge is 0.377 e. The van der Waals surface area contributed by atoms with Crippen LogP contribution in [-0.2, 0) is 11.3 Å². The molecule has 0 spiro atoms. The van der Waals surface area contributed by atoms with Crippen molar-refractivity contribution in [2.45, 2.75) is 53.2 Å². The van der Waals surface area contributed by atoms with Gasteiger partial charge in [0.15, 0.2) is 0 Å². The Labute approximate surface area is 155 Å². The first kappa shape index (κ1) is 18.7. The molecule has 2 atom stereocenters. The van der Waals surface area contributed by atoms with Crippen LogP contribution in [0.15, 0.2) is 24.4 Å². The van der Waals surface area contributed by atoms with E-state index in [1.807, 2.05) is 35.7 Å². The third-order valence-electron chi connectivity index (χ3n) is 5.00. The summed E-state index contributed by atoms with van der Waals surface area (Å²) in [6.07, 6.45) is 4.29. The summed E-state index contributed by atoms with van der Waals surface area (Å²) in [5.41, 5.74) is 2.95. The minimum Gasteiger partial charge on any atom is -0.377 e. The van der Waals surface area contributed by atoms with Gasteiger partial charge in [-0.25, -0.2) is 9.78 Å². The molecular formula is C20H30N4O2. The van der Waals surface area contributed by atoms with Crippen LogP contribution in [0, 0.1) is 18.3 Å². The summed E-state index contributed by atoms with van der Waals surface area (Å²) < 4.78 is 8.01. The van der Waals surface area contributed by atoms with Crippen molar-refractivity contribution in [2.75, 3.05) is 13.2 Å². The number of urea groups is 1. The number of fused-ring (bicyclic) bond motifs is 1. The second-order valence-electron chi connectivity index (χ2n) is 8.25. The number of hydrogen-bond donors (Lipinski definition) is 2. The molecule has 2 aromatic heterocycles. The minimum atomic E-state index is -0.156. The molecule has 6 heteroatoms. The third-order valence-corrected chi connectivity index (χ3v) is 5.00. The van der Waals surface area contributed by atoms with E-state index in [1.165, 1.54) is 0 Å². The quantitative estimate of drug-likeness (QED) is 0.881. The molecular weight excluding hydrogens is 328 g/mol. The molecule has 2 N–H and O–H groups in total. The molecule has 0 aliphatic carbocycles. The number of carbonyl (C=O) groups excluding carboxylic acids is 1. The minimum absolute atomic E-state index is 0.0810. The molecule has 0 aromatic carbocycles. The number of hydrogen-bond acceptors (Lipinski definition) is 3. The Morgan fingerprint density at radius 2 is 2.15 bits per heavy atom. The average Bonchev–Trinajstić information content (AvgIpc) is 3.02. The number of imidazole rings is 1. The maximum Gasteiger partial charge on any atom is 0.315 e. The van der Waals surface area contributed by atoms with E-state index in [-0.39, 0.29) is 17.6 Å². The fraction of sp³-hybridized carbons (Fsp3) is 0.600. The smallest absolute Gasteiger partial charge is 0.315 e. The fourth-order valence-corrected chi connectivity index (χ4v) is 3.75. The first-order valence-corrected chi connectivity index (χ1v) is 9.41. The Hall–Kier alpha value is -2.08. The molecule has 6 nitrogen and oxygen atoms in total. The van der Waals surface area contributed by atoms with Gasteiger partial charge in [-0.3, -0.25) is 0 Å². The molecule has 2 unspecified atom stereocenters. The van der Waals surface area contributed by atoms with Crippen molar-refractivity contribution >= 4 is 11.7 Å². The Morgan fingerprint density at radius 1 is 1.35 bits per heavy atom. The van der Waals surface area contributed by atoms with Gasteiger partial charge in [-0.2, -0.15) is 0 Å². The van der Waals surface area contributed by atoms with Gasteiger partial charge in [-0.15, -0.1) is 0 Å². The number of pyridine rings is 1. The standard InChI is InChI=1S/C20H30N4O2/c1-14-7-5-9-17-23-16(13-24(14)17)12-22-19(25)21-11-15-8-6-10-26-18(15)20(2,3)4/h5,7,9,13,15,18H,6,8,10-12H2,1-4H3,(H2,21,22,25). The Kier molecular flexibility index (Phi) is 5.51. The van der Waals surface area contributed by atoms with E-state index in [0.29, 0.717) is 19.0 Å². The lowest BCUT2D eigenvalue weighted by molar-refractivity contribution is -0.0837. The van der Waals surface area contributed by atoms with Crippen LogP contribution in [-0.4, -0.2) is 34.7 Å². The van der Waals surface area contributed by atoms with Gasteiger partial charge in [-0.1, -0.05) is 26.8 Å². The highest BCUT2D eigenvalue weighted by atomic mass is 16.5. The van der Waals surface area contributed by atoms with Crippen molar-refractivity contribution in [3.8, 4) is 0 Å². The predicted molar refractivity (Wildman–Crippen MR) is 102 cm³/mol. The predicted octanol–water partition coefficient (Wildman–Crippen LogP) is 3.28. The lowest BCUT2D eigenvalue weighted by Gasteiger charge is -2.40. The molecule has 2 aromatic rings. The first-order chi connectivity index (χ1) is 12.3. The zero-order valence-corrected chi connectivity index (χ0v) is 16.2. The monoisotopic (exact) mass is 358 g/mol. The van der Waals surface area contributed by atoms with Gasteiger partial charge in [0.05, 0.1) is 18.3 Å². The zero-order chi connectivity index (χ0) is 18.7. The van der Waals surface area contributed by atoms with Crippen LogP contribution in [0.2, 0.25) is 0 Å². The van der Waals surface area contributed by atoms with Crippen molar-refractivity contribution in [1.29, 1.82) is 0 Å². The van der Waals surface area contributed by atoms with Crippen LogP contribution in [0.5, 0.6) is 0 Å². The molecule has 0 saturated carbocycles. The van der Waals surface area contributed by atoms with Gasteiger partial charge in [0.25, 0.3) is 0 Å². The molecule has 2 amide bonds. The molecule has 26 heavy (non-hydrogen) atoms. The van der Waals surface area contributed by atoms with Crippen LogP contribution in [0.4, 0.5) is 4.79 Å². The second-order valence-corrected chi connectivity index (χ2v) is 8.25. The van der Waals surface area contributed by atoms with Crippen molar-refractivity contribution < 1.29 is 9.53 Å². The van der Waals surface area contributed by atoms with Crippen molar-refractivity contribution in [2.24, 2.45) is 11.3 Å². The zero-order valence-electron chi connectivity index (χ0n) is 16.2. The van der Waals surface area contributed by atoms with Crippen molar-refractivity contribution in [1.82, 2.24) is 20.0 Å². The molecule has 1 saturated heterocycles. The van der Waals surface area contributed by atoms with E-state index in [0.717, 1.165) is 36.5 Å². The Morgan fingerprint density at radius 3 is 2.88 bits per heavy atom.